The second-order valence-electron chi connectivity index (χ2n) is 4.41. The summed E-state index contributed by atoms with van der Waals surface area (Å²) in [7, 11) is 2.36. The number of aromatic hydroxyl groups is 1. The molecule has 0 aliphatic heterocycles. The van der Waals surface area contributed by atoms with Crippen LogP contribution in [0.4, 0.5) is 0 Å². The van der Waals surface area contributed by atoms with E-state index in [0.29, 0.717) is 9.92 Å². The molecule has 0 atom stereocenters. The van der Waals surface area contributed by atoms with Gasteiger partial charge in [0, 0.05) is 14.8 Å². The molecule has 0 bridgehead atoms. The molecule has 0 spiro atoms. The van der Waals surface area contributed by atoms with Gasteiger partial charge in [0.1, 0.15) is 11.3 Å². The predicted molar refractivity (Wildman–Crippen MR) is 86.4 cm³/mol. The maximum Gasteiger partial charge on any atom is 0.342 e. The average Bonchev–Trinajstić information content (AvgIpc) is 2.53. The SMILES string of the molecule is COC(=O)c1cc(Sc2cccc(Cl)c2)cc(O)c1C(=O)OC. The summed E-state index contributed by atoms with van der Waals surface area (Å²) in [6, 6.07) is 9.94. The number of carbonyl (C=O) groups excluding carboxylic acids is 2. The van der Waals surface area contributed by atoms with Gasteiger partial charge in [-0.15, -0.1) is 0 Å². The number of rotatable bonds is 4. The zero-order valence-electron chi connectivity index (χ0n) is 12.3. The van der Waals surface area contributed by atoms with Crippen LogP contribution in [-0.4, -0.2) is 31.3 Å². The monoisotopic (exact) mass is 352 g/mol. The number of esters is 2. The summed E-state index contributed by atoms with van der Waals surface area (Å²) >= 11 is 7.22. The first kappa shape index (κ1) is 17.2. The molecule has 0 heterocycles. The molecule has 120 valence electrons. The van der Waals surface area contributed by atoms with Crippen molar-refractivity contribution in [3.63, 3.8) is 0 Å². The molecular formula is C16H13ClO5S. The number of hydrogen-bond acceptors (Lipinski definition) is 6. The zero-order valence-corrected chi connectivity index (χ0v) is 13.9. The first-order chi connectivity index (χ1) is 11.0. The second kappa shape index (κ2) is 7.39. The number of phenolic OH excluding ortho intramolecular Hbond substituents is 1. The highest BCUT2D eigenvalue weighted by Gasteiger charge is 2.24. The molecule has 7 heteroatoms. The lowest BCUT2D eigenvalue weighted by Crippen LogP contribution is -2.12. The normalized spacial score (nSPS) is 10.2. The number of ether oxygens (including phenoxy) is 2. The Morgan fingerprint density at radius 3 is 2.35 bits per heavy atom. The molecule has 0 aliphatic carbocycles. The fourth-order valence-corrected chi connectivity index (χ4v) is 3.12. The van der Waals surface area contributed by atoms with E-state index in [0.717, 1.165) is 12.0 Å². The molecule has 1 N–H and O–H groups in total. The van der Waals surface area contributed by atoms with Crippen molar-refractivity contribution in [2.24, 2.45) is 0 Å². The van der Waals surface area contributed by atoms with Gasteiger partial charge in [0.05, 0.1) is 19.8 Å². The van der Waals surface area contributed by atoms with Gasteiger partial charge in [0.2, 0.25) is 0 Å². The largest absolute Gasteiger partial charge is 0.507 e. The van der Waals surface area contributed by atoms with E-state index in [1.54, 1.807) is 18.2 Å². The first-order valence-electron chi connectivity index (χ1n) is 6.43. The summed E-state index contributed by atoms with van der Waals surface area (Å²) in [5.41, 5.74) is -0.293. The highest BCUT2D eigenvalue weighted by Crippen LogP contribution is 2.35. The Kier molecular flexibility index (Phi) is 5.52. The Morgan fingerprint density at radius 1 is 1.04 bits per heavy atom. The third kappa shape index (κ3) is 3.97. The van der Waals surface area contributed by atoms with Crippen LogP contribution >= 0.6 is 23.4 Å². The van der Waals surface area contributed by atoms with Crippen molar-refractivity contribution in [2.75, 3.05) is 14.2 Å². The van der Waals surface area contributed by atoms with Crippen molar-refractivity contribution in [3.05, 3.63) is 52.5 Å². The second-order valence-corrected chi connectivity index (χ2v) is 5.99. The van der Waals surface area contributed by atoms with Crippen LogP contribution in [0.1, 0.15) is 20.7 Å². The van der Waals surface area contributed by atoms with Gasteiger partial charge >= 0.3 is 11.9 Å². The Labute approximate surface area is 142 Å². The number of benzene rings is 2. The number of phenols is 1. The topological polar surface area (TPSA) is 72.8 Å². The number of hydrogen-bond donors (Lipinski definition) is 1. The molecule has 0 aliphatic rings. The molecule has 0 saturated heterocycles. The average molecular weight is 353 g/mol. The van der Waals surface area contributed by atoms with Gasteiger partial charge in [-0.2, -0.15) is 0 Å². The molecule has 5 nitrogen and oxygen atoms in total. The van der Waals surface area contributed by atoms with E-state index in [1.807, 2.05) is 6.07 Å². The number of halogens is 1. The van der Waals surface area contributed by atoms with Crippen LogP contribution in [0.3, 0.4) is 0 Å². The van der Waals surface area contributed by atoms with Crippen LogP contribution in [0.2, 0.25) is 5.02 Å². The van der Waals surface area contributed by atoms with E-state index >= 15 is 0 Å². The van der Waals surface area contributed by atoms with Crippen molar-refractivity contribution in [1.29, 1.82) is 0 Å². The van der Waals surface area contributed by atoms with Gasteiger partial charge in [-0.25, -0.2) is 9.59 Å². The molecule has 0 unspecified atom stereocenters. The molecule has 2 rings (SSSR count). The van der Waals surface area contributed by atoms with E-state index in [4.69, 9.17) is 11.6 Å². The Balaban J connectivity index is 2.48. The third-order valence-corrected chi connectivity index (χ3v) is 4.11. The summed E-state index contributed by atoms with van der Waals surface area (Å²) in [4.78, 5) is 25.0. The lowest BCUT2D eigenvalue weighted by Gasteiger charge is -2.11. The van der Waals surface area contributed by atoms with Gasteiger partial charge in [0.15, 0.2) is 0 Å². The molecule has 0 radical (unpaired) electrons. The predicted octanol–water partition coefficient (Wildman–Crippen LogP) is 3.77. The molecule has 0 aromatic heterocycles. The summed E-state index contributed by atoms with van der Waals surface area (Å²) in [5, 5.41) is 10.7. The molecule has 2 aromatic carbocycles. The summed E-state index contributed by atoms with van der Waals surface area (Å²) in [5.74, 6) is -1.92. The minimum atomic E-state index is -0.817. The van der Waals surface area contributed by atoms with Crippen LogP contribution in [0.15, 0.2) is 46.2 Å². The first-order valence-corrected chi connectivity index (χ1v) is 7.62. The Bertz CT molecular complexity index is 760. The van der Waals surface area contributed by atoms with Crippen LogP contribution in [0, 0.1) is 0 Å². The lowest BCUT2D eigenvalue weighted by molar-refractivity contribution is 0.0552. The van der Waals surface area contributed by atoms with E-state index in [2.05, 4.69) is 9.47 Å². The van der Waals surface area contributed by atoms with E-state index in [1.165, 1.54) is 31.0 Å². The molecular weight excluding hydrogens is 340 g/mol. The van der Waals surface area contributed by atoms with E-state index in [9.17, 15) is 14.7 Å². The van der Waals surface area contributed by atoms with Crippen molar-refractivity contribution in [2.45, 2.75) is 9.79 Å². The fraction of sp³-hybridized carbons (Fsp3) is 0.125. The van der Waals surface area contributed by atoms with Crippen LogP contribution < -0.4 is 0 Å². The minimum absolute atomic E-state index is 0.0659. The third-order valence-electron chi connectivity index (χ3n) is 2.92. The van der Waals surface area contributed by atoms with Crippen LogP contribution in [0.25, 0.3) is 0 Å². The quantitative estimate of drug-likeness (QED) is 0.844. The van der Waals surface area contributed by atoms with E-state index < -0.39 is 11.9 Å². The number of carbonyl (C=O) groups is 2. The van der Waals surface area contributed by atoms with Gasteiger partial charge in [-0.3, -0.25) is 0 Å². The van der Waals surface area contributed by atoms with Gasteiger partial charge in [0.25, 0.3) is 0 Å². The number of methoxy groups -OCH3 is 2. The summed E-state index contributed by atoms with van der Waals surface area (Å²) in [6.45, 7) is 0. The molecule has 0 fully saturated rings. The van der Waals surface area contributed by atoms with Crippen molar-refractivity contribution in [3.8, 4) is 5.75 Å². The lowest BCUT2D eigenvalue weighted by atomic mass is 10.1. The van der Waals surface area contributed by atoms with Crippen LogP contribution in [0.5, 0.6) is 5.75 Å². The maximum absolute atomic E-state index is 11.9. The van der Waals surface area contributed by atoms with Crippen molar-refractivity contribution >= 4 is 35.3 Å². The smallest absolute Gasteiger partial charge is 0.342 e. The summed E-state index contributed by atoms with van der Waals surface area (Å²) in [6.07, 6.45) is 0. The standard InChI is InChI=1S/C16H13ClO5S/c1-21-15(19)12-7-11(8-13(18)14(12)16(20)22-2)23-10-5-3-4-9(17)6-10/h3-8,18H,1-2H3. The highest BCUT2D eigenvalue weighted by atomic mass is 35.5. The van der Waals surface area contributed by atoms with Crippen LogP contribution in [-0.2, 0) is 9.47 Å². The van der Waals surface area contributed by atoms with Crippen molar-refractivity contribution in [1.82, 2.24) is 0 Å². The molecule has 2 aromatic rings. The Hall–Kier alpha value is -2.18. The van der Waals surface area contributed by atoms with Gasteiger partial charge in [-0.1, -0.05) is 29.4 Å². The molecule has 0 saturated carbocycles. The minimum Gasteiger partial charge on any atom is -0.507 e. The molecule has 23 heavy (non-hydrogen) atoms. The molecule has 0 amide bonds. The zero-order chi connectivity index (χ0) is 17.0. The summed E-state index contributed by atoms with van der Waals surface area (Å²) < 4.78 is 9.26. The van der Waals surface area contributed by atoms with Crippen molar-refractivity contribution < 1.29 is 24.2 Å². The van der Waals surface area contributed by atoms with Gasteiger partial charge in [-0.05, 0) is 30.3 Å². The van der Waals surface area contributed by atoms with E-state index in [-0.39, 0.29) is 16.9 Å². The van der Waals surface area contributed by atoms with Gasteiger partial charge < -0.3 is 14.6 Å². The maximum atomic E-state index is 11.9. The fourth-order valence-electron chi connectivity index (χ4n) is 1.91. The highest BCUT2D eigenvalue weighted by molar-refractivity contribution is 7.99. The Morgan fingerprint density at radius 2 is 1.74 bits per heavy atom.